The van der Waals surface area contributed by atoms with E-state index < -0.39 is 86.2 Å². The van der Waals surface area contributed by atoms with Crippen molar-refractivity contribution < 1.29 is 46.2 Å². The fourth-order valence-electron chi connectivity index (χ4n) is 8.51. The first kappa shape index (κ1) is 41.9. The molecule has 5 aliphatic rings. The number of halogens is 1. The van der Waals surface area contributed by atoms with Crippen molar-refractivity contribution in [1.29, 1.82) is 0 Å². The average molecular weight is 829 g/mol. The summed E-state index contributed by atoms with van der Waals surface area (Å²) in [6, 6.07) is 3.06. The Labute approximate surface area is 339 Å². The number of ether oxygens (including phenoxy) is 3. The zero-order chi connectivity index (χ0) is 41.8. The van der Waals surface area contributed by atoms with Gasteiger partial charge in [-0.3, -0.25) is 23.5 Å². The topological polar surface area (TPSA) is 195 Å². The summed E-state index contributed by atoms with van der Waals surface area (Å²) in [5.74, 6) is -2.27. The normalized spacial score (nSPS) is 30.9. The second kappa shape index (κ2) is 15.7. The lowest BCUT2D eigenvalue weighted by atomic mass is 9.85. The number of alkyl halides is 1. The Bertz CT molecular complexity index is 2060. The molecule has 3 heterocycles. The number of aryl methyl sites for hydroxylation is 1. The van der Waals surface area contributed by atoms with Crippen molar-refractivity contribution in [2.24, 2.45) is 23.2 Å². The summed E-state index contributed by atoms with van der Waals surface area (Å²) in [5.41, 5.74) is -0.624. The quantitative estimate of drug-likeness (QED) is 0.322. The number of carbonyl (C=O) groups is 4. The molecule has 0 spiro atoms. The highest BCUT2D eigenvalue weighted by Crippen LogP contribution is 2.49. The van der Waals surface area contributed by atoms with Gasteiger partial charge in [0, 0.05) is 12.0 Å². The van der Waals surface area contributed by atoms with Crippen LogP contribution in [0, 0.1) is 23.2 Å². The van der Waals surface area contributed by atoms with E-state index in [0.29, 0.717) is 41.7 Å². The molecule has 1 aromatic carbocycles. The van der Waals surface area contributed by atoms with Crippen LogP contribution in [0.15, 0.2) is 18.2 Å². The first-order valence-electron chi connectivity index (χ1n) is 20.6. The number of benzene rings is 1. The minimum absolute atomic E-state index is 0.0828. The highest BCUT2D eigenvalue weighted by molar-refractivity contribution is 7.91. The number of fused-ring (bicyclic) bond motifs is 5. The summed E-state index contributed by atoms with van der Waals surface area (Å²) >= 11 is 0. The molecule has 3 saturated carbocycles. The van der Waals surface area contributed by atoms with Crippen molar-refractivity contribution in [3.63, 3.8) is 0 Å². The summed E-state index contributed by atoms with van der Waals surface area (Å²) in [4.78, 5) is 68.0. The Kier molecular flexibility index (Phi) is 11.3. The number of aromatic nitrogens is 2. The van der Waals surface area contributed by atoms with Gasteiger partial charge in [-0.1, -0.05) is 40.5 Å². The Hall–Kier alpha value is -4.28. The third-order valence-corrected chi connectivity index (χ3v) is 15.0. The van der Waals surface area contributed by atoms with Gasteiger partial charge in [0.25, 0.3) is 5.91 Å². The highest BCUT2D eigenvalue weighted by atomic mass is 32.2. The maximum Gasteiger partial charge on any atom is 0.408 e. The van der Waals surface area contributed by atoms with Crippen molar-refractivity contribution in [3.05, 3.63) is 23.9 Å². The number of amides is 4. The second-order valence-corrected chi connectivity index (χ2v) is 20.5. The van der Waals surface area contributed by atoms with Gasteiger partial charge in [0.05, 0.1) is 36.1 Å². The molecule has 4 fully saturated rings. The smallest absolute Gasteiger partial charge is 0.408 e. The number of alkyl carbamates (subject to hydrolysis) is 1. The largest absolute Gasteiger partial charge is 0.497 e. The number of hydrogen-bond acceptors (Lipinski definition) is 11. The van der Waals surface area contributed by atoms with E-state index in [2.05, 4.69) is 15.4 Å². The molecule has 3 aliphatic carbocycles. The van der Waals surface area contributed by atoms with E-state index >= 15 is 0 Å². The van der Waals surface area contributed by atoms with Crippen LogP contribution in [0.3, 0.4) is 0 Å². The van der Waals surface area contributed by atoms with Gasteiger partial charge in [0.15, 0.2) is 0 Å². The van der Waals surface area contributed by atoms with Gasteiger partial charge in [0.2, 0.25) is 27.7 Å². The molecule has 58 heavy (non-hydrogen) atoms. The maximum absolute atomic E-state index is 14.8. The minimum atomic E-state index is -4.06. The number of nitrogens with zero attached hydrogens (tertiary/aromatic N) is 3. The molecule has 7 rings (SSSR count). The molecule has 1 saturated heterocycles. The summed E-state index contributed by atoms with van der Waals surface area (Å²) in [7, 11) is -2.50. The molecule has 2 bridgehead atoms. The number of sulfonamides is 1. The molecule has 2 aromatic rings. The number of carbonyl (C=O) groups excluding carboxylic acids is 4. The summed E-state index contributed by atoms with van der Waals surface area (Å²) in [5, 5.41) is 5.66. The van der Waals surface area contributed by atoms with Gasteiger partial charge >= 0.3 is 6.09 Å². The Balaban J connectivity index is 1.24. The average Bonchev–Trinajstić information content (AvgIpc) is 4.12. The fraction of sp³-hybridized carbons (Fsp3) is 0.707. The molecule has 318 valence electrons. The van der Waals surface area contributed by atoms with Crippen molar-refractivity contribution >= 4 is 44.9 Å². The molecule has 3 N–H and O–H groups in total. The standard InChI is InChI=1S/C41H57FN6O9S/c1-23-31-22-48(32(23)34(49)46-41(21-25(41)12-10-18-42)37(51)47-58(53,54)40(5)16-17-40)36(50)33(39(2,3)4)45-38(52)57-30-19-24(30)11-8-7-9-13-28-35(56-31)44-29-20-26(55-6)14-15-27(29)43-28/h14-15,20,23-25,30-33H,7-13,16-19,21-22H2,1-6H3,(H,45,52)(H,46,49)(H,47,51)/t23-,24-,25-,30-,31+,32+,33-,41-/m1/s1. The van der Waals surface area contributed by atoms with Crippen LogP contribution in [0.1, 0.15) is 105 Å². The van der Waals surface area contributed by atoms with Crippen LogP contribution in [0.25, 0.3) is 11.0 Å². The lowest BCUT2D eigenvalue weighted by Crippen LogP contribution is -2.61. The van der Waals surface area contributed by atoms with E-state index in [9.17, 15) is 32.0 Å². The van der Waals surface area contributed by atoms with Crippen LogP contribution >= 0.6 is 0 Å². The van der Waals surface area contributed by atoms with E-state index in [4.69, 9.17) is 24.2 Å². The van der Waals surface area contributed by atoms with Gasteiger partial charge in [0.1, 0.15) is 41.3 Å². The molecule has 17 heteroatoms. The summed E-state index contributed by atoms with van der Waals surface area (Å²) < 4.78 is 58.8. The number of rotatable bonds is 9. The second-order valence-electron chi connectivity index (χ2n) is 18.3. The van der Waals surface area contributed by atoms with Crippen molar-refractivity contribution in [3.8, 4) is 11.6 Å². The zero-order valence-corrected chi connectivity index (χ0v) is 35.1. The molecule has 0 radical (unpaired) electrons. The van der Waals surface area contributed by atoms with Crippen LogP contribution in [-0.2, 0) is 35.6 Å². The van der Waals surface area contributed by atoms with Gasteiger partial charge in [-0.2, -0.15) is 0 Å². The van der Waals surface area contributed by atoms with E-state index in [-0.39, 0.29) is 43.7 Å². The molecule has 1 aromatic heterocycles. The molecular formula is C41H57FN6O9S. The summed E-state index contributed by atoms with van der Waals surface area (Å²) in [6.07, 6.45) is 4.36. The van der Waals surface area contributed by atoms with Crippen LogP contribution in [-0.4, -0.2) is 102 Å². The third-order valence-electron chi connectivity index (χ3n) is 12.9. The number of hydrogen-bond donors (Lipinski definition) is 3. The number of methoxy groups -OCH3 is 1. The monoisotopic (exact) mass is 828 g/mol. The molecule has 15 nitrogen and oxygen atoms in total. The van der Waals surface area contributed by atoms with Gasteiger partial charge in [-0.05, 0) is 94.1 Å². The Morgan fingerprint density at radius 1 is 1.09 bits per heavy atom. The molecule has 2 aliphatic heterocycles. The van der Waals surface area contributed by atoms with Gasteiger partial charge in [-0.15, -0.1) is 0 Å². The first-order chi connectivity index (χ1) is 27.4. The predicted molar refractivity (Wildman–Crippen MR) is 211 cm³/mol. The first-order valence-corrected chi connectivity index (χ1v) is 22.1. The van der Waals surface area contributed by atoms with E-state index in [0.717, 1.165) is 32.1 Å². The number of nitrogens with one attached hydrogen (secondary N) is 3. The maximum atomic E-state index is 14.8. The SMILES string of the molecule is COc1ccc2nc3c(nc2c1)O[C@H]1CN(C(=O)[C@H](C(C)(C)C)NC(=O)O[C@@H]2C[C@H]2CCCCC3)[C@H](C(=O)N[C@]2(C(=O)NS(=O)(=O)C3(C)CC3)C[C@H]2CCCF)[C@@H]1C. The Morgan fingerprint density at radius 3 is 2.53 bits per heavy atom. The molecule has 0 unspecified atom stereocenters. The van der Waals surface area contributed by atoms with Gasteiger partial charge < -0.3 is 29.7 Å². The minimum Gasteiger partial charge on any atom is -0.497 e. The van der Waals surface area contributed by atoms with Crippen molar-refractivity contribution in [2.45, 2.75) is 140 Å². The zero-order valence-electron chi connectivity index (χ0n) is 34.3. The van der Waals surface area contributed by atoms with Crippen LogP contribution in [0.5, 0.6) is 11.6 Å². The molecular weight excluding hydrogens is 772 g/mol. The Morgan fingerprint density at radius 2 is 1.84 bits per heavy atom. The predicted octanol–water partition coefficient (Wildman–Crippen LogP) is 4.50. The highest BCUT2D eigenvalue weighted by Gasteiger charge is 2.64. The molecule has 8 atom stereocenters. The van der Waals surface area contributed by atoms with Crippen LogP contribution < -0.4 is 24.8 Å². The van der Waals surface area contributed by atoms with E-state index in [1.807, 2.05) is 12.1 Å². The van der Waals surface area contributed by atoms with E-state index in [1.54, 1.807) is 47.8 Å². The van der Waals surface area contributed by atoms with Gasteiger partial charge in [-0.25, -0.2) is 23.2 Å². The van der Waals surface area contributed by atoms with E-state index in [1.165, 1.54) is 4.90 Å². The third kappa shape index (κ3) is 8.42. The molecule has 4 amide bonds. The fourth-order valence-corrected chi connectivity index (χ4v) is 9.82. The lowest BCUT2D eigenvalue weighted by molar-refractivity contribution is -0.143. The summed E-state index contributed by atoms with van der Waals surface area (Å²) in [6.45, 7) is 8.00. The van der Waals surface area contributed by atoms with Crippen molar-refractivity contribution in [2.75, 3.05) is 20.3 Å². The lowest BCUT2D eigenvalue weighted by Gasteiger charge is -2.36. The van der Waals surface area contributed by atoms with Crippen LogP contribution in [0.2, 0.25) is 0 Å². The van der Waals surface area contributed by atoms with Crippen LogP contribution in [0.4, 0.5) is 9.18 Å². The van der Waals surface area contributed by atoms with Crippen molar-refractivity contribution in [1.82, 2.24) is 30.2 Å².